The van der Waals surface area contributed by atoms with Crippen LogP contribution in [-0.2, 0) is 15.8 Å². The topological polar surface area (TPSA) is 156 Å². The van der Waals surface area contributed by atoms with Crippen LogP contribution in [0.4, 0.5) is 10.1 Å². The highest BCUT2D eigenvalue weighted by atomic mass is 35.5. The third-order valence-corrected chi connectivity index (χ3v) is 4.11. The highest BCUT2D eigenvalue weighted by Crippen LogP contribution is 2.23. The third-order valence-electron chi connectivity index (χ3n) is 3.29. The average Bonchev–Trinajstić information content (AvgIpc) is 3.10. The maximum Gasteiger partial charge on any atom is 0.287 e. The van der Waals surface area contributed by atoms with Gasteiger partial charge in [0.15, 0.2) is 5.84 Å². The van der Waals surface area contributed by atoms with Crippen molar-refractivity contribution in [3.05, 3.63) is 34.7 Å². The van der Waals surface area contributed by atoms with Gasteiger partial charge in [0.2, 0.25) is 11.6 Å². The van der Waals surface area contributed by atoms with E-state index in [0.29, 0.717) is 0 Å². The minimum Gasteiger partial charge on any atom is -0.472 e. The molecule has 2 aromatic rings. The fraction of sp³-hybridized carbons (Fsp3) is 0.286. The molecule has 28 heavy (non-hydrogen) atoms. The fourth-order valence-corrected chi connectivity index (χ4v) is 2.51. The van der Waals surface area contributed by atoms with Crippen molar-refractivity contribution in [3.8, 4) is 5.88 Å². The van der Waals surface area contributed by atoms with E-state index in [1.165, 1.54) is 24.1 Å². The number of hydroxylamine groups is 1. The summed E-state index contributed by atoms with van der Waals surface area (Å²) in [6.07, 6.45) is 0. The molecule has 0 saturated heterocycles. The summed E-state index contributed by atoms with van der Waals surface area (Å²) >= 11 is 5.69. The average molecular weight is 435 g/mol. The predicted octanol–water partition coefficient (Wildman–Crippen LogP) is 0.379. The molecule has 14 heteroatoms. The lowest BCUT2D eigenvalue weighted by atomic mass is 10.3. The van der Waals surface area contributed by atoms with Crippen LogP contribution in [0.15, 0.2) is 27.8 Å². The molecule has 11 nitrogen and oxygen atoms in total. The van der Waals surface area contributed by atoms with Crippen LogP contribution >= 0.6 is 11.6 Å². The van der Waals surface area contributed by atoms with Crippen LogP contribution in [0.25, 0.3) is 0 Å². The number of benzene rings is 1. The van der Waals surface area contributed by atoms with Gasteiger partial charge in [-0.2, -0.15) is 0 Å². The van der Waals surface area contributed by atoms with Crippen LogP contribution in [0.1, 0.15) is 5.69 Å². The highest BCUT2D eigenvalue weighted by molar-refractivity contribution is 7.83. The molecule has 0 fully saturated rings. The minimum absolute atomic E-state index is 0.0122. The number of rotatable bonds is 8. The van der Waals surface area contributed by atoms with Crippen LogP contribution in [0, 0.1) is 5.82 Å². The molecule has 0 saturated carbocycles. The predicted molar refractivity (Wildman–Crippen MR) is 97.2 cm³/mol. The summed E-state index contributed by atoms with van der Waals surface area (Å²) in [6.45, 7) is 0.122. The monoisotopic (exact) mass is 434 g/mol. The Morgan fingerprint density at radius 3 is 2.93 bits per heavy atom. The Bertz CT molecular complexity index is 895. The van der Waals surface area contributed by atoms with Crippen molar-refractivity contribution < 1.29 is 28.0 Å². The first-order chi connectivity index (χ1) is 13.3. The summed E-state index contributed by atoms with van der Waals surface area (Å²) in [5, 5.41) is 21.4. The number of likely N-dealkylation sites (N-methyl/N-ethyl adjacent to an activating group) is 1. The van der Waals surface area contributed by atoms with Gasteiger partial charge < -0.3 is 9.64 Å². The summed E-state index contributed by atoms with van der Waals surface area (Å²) in [5.41, 5.74) is 1.97. The summed E-state index contributed by atoms with van der Waals surface area (Å²) in [5.74, 6) is -1.66. The number of nitrogens with zero attached hydrogens (tertiary/aromatic N) is 4. The Labute approximate surface area is 165 Å². The third kappa shape index (κ3) is 5.95. The van der Waals surface area contributed by atoms with E-state index in [9.17, 15) is 18.6 Å². The maximum atomic E-state index is 13.2. The van der Waals surface area contributed by atoms with Gasteiger partial charge in [-0.3, -0.25) is 20.6 Å². The SMILES string of the molecule is CN(CCOc1nonc1C(=Nc1ccc(F)c(Cl)c1)NO)C(=O)CS(N)=O. The van der Waals surface area contributed by atoms with E-state index >= 15 is 0 Å². The quantitative estimate of drug-likeness (QED) is 0.306. The second-order valence-corrected chi connectivity index (χ2v) is 6.73. The van der Waals surface area contributed by atoms with Crippen molar-refractivity contribution in [1.82, 2.24) is 20.7 Å². The first-order valence-corrected chi connectivity index (χ1v) is 9.34. The molecular weight excluding hydrogens is 419 g/mol. The normalized spacial score (nSPS) is 12.5. The van der Waals surface area contributed by atoms with Crippen LogP contribution in [0.3, 0.4) is 0 Å². The van der Waals surface area contributed by atoms with E-state index in [0.717, 1.165) is 6.07 Å². The number of carbonyl (C=O) groups is 1. The lowest BCUT2D eigenvalue weighted by Crippen LogP contribution is -2.35. The van der Waals surface area contributed by atoms with E-state index in [1.54, 1.807) is 0 Å². The Balaban J connectivity index is 2.06. The summed E-state index contributed by atoms with van der Waals surface area (Å²) in [4.78, 5) is 17.0. The molecule has 0 spiro atoms. The molecule has 1 aromatic heterocycles. The number of nitrogens with one attached hydrogen (secondary N) is 1. The smallest absolute Gasteiger partial charge is 0.287 e. The fourth-order valence-electron chi connectivity index (χ4n) is 1.87. The molecule has 0 aliphatic carbocycles. The van der Waals surface area contributed by atoms with E-state index in [1.807, 2.05) is 5.48 Å². The summed E-state index contributed by atoms with van der Waals surface area (Å²) in [6, 6.07) is 3.68. The van der Waals surface area contributed by atoms with Gasteiger partial charge >= 0.3 is 0 Å². The number of hydrogen-bond acceptors (Lipinski definition) is 8. The van der Waals surface area contributed by atoms with Gasteiger partial charge in [0.25, 0.3) is 5.88 Å². The molecule has 4 N–H and O–H groups in total. The minimum atomic E-state index is -1.74. The molecule has 1 aromatic carbocycles. The van der Waals surface area contributed by atoms with Crippen molar-refractivity contribution in [1.29, 1.82) is 0 Å². The molecule has 0 aliphatic heterocycles. The number of ether oxygens (including phenoxy) is 1. The first kappa shape index (κ1) is 21.7. The number of hydrogen-bond donors (Lipinski definition) is 3. The maximum absolute atomic E-state index is 13.2. The second kappa shape index (κ2) is 10.1. The number of carbonyl (C=O) groups excluding carboxylic acids is 1. The van der Waals surface area contributed by atoms with Gasteiger partial charge in [0, 0.05) is 7.05 Å². The van der Waals surface area contributed by atoms with Crippen LogP contribution < -0.4 is 15.4 Å². The van der Waals surface area contributed by atoms with Crippen molar-refractivity contribution in [2.75, 3.05) is 26.0 Å². The van der Waals surface area contributed by atoms with Crippen molar-refractivity contribution in [3.63, 3.8) is 0 Å². The van der Waals surface area contributed by atoms with E-state index in [4.69, 9.17) is 21.5 Å². The summed E-state index contributed by atoms with van der Waals surface area (Å²) < 4.78 is 34.1. The number of aromatic nitrogens is 2. The summed E-state index contributed by atoms with van der Waals surface area (Å²) in [7, 11) is -0.252. The molecule has 0 aliphatic rings. The number of amidine groups is 1. The van der Waals surface area contributed by atoms with Gasteiger partial charge in [-0.1, -0.05) is 11.6 Å². The van der Waals surface area contributed by atoms with Crippen LogP contribution in [0.5, 0.6) is 5.88 Å². The molecule has 1 unspecified atom stereocenters. The van der Waals surface area contributed by atoms with Gasteiger partial charge in [-0.05, 0) is 28.5 Å². The standard InChI is InChI=1S/C14H16ClFN6O5S/c1-22(11(23)7-28(17)25)4-5-26-14-12(20-27-21-14)13(19-24)18-8-2-3-10(16)9(15)6-8/h2-3,6,24H,4-5,7,17H2,1H3,(H,18,19). The molecule has 0 radical (unpaired) electrons. The van der Waals surface area contributed by atoms with Crippen molar-refractivity contribution in [2.45, 2.75) is 0 Å². The number of halogens is 2. The Hall–Kier alpha value is -2.61. The number of nitrogens with two attached hydrogens (primary N) is 1. The molecule has 152 valence electrons. The Kier molecular flexibility index (Phi) is 7.80. The van der Waals surface area contributed by atoms with E-state index in [2.05, 4.69) is 19.9 Å². The van der Waals surface area contributed by atoms with Gasteiger partial charge in [0.05, 0.1) is 28.2 Å². The molecule has 1 atom stereocenters. The number of aliphatic imine (C=N–C) groups is 1. The number of amides is 1. The van der Waals surface area contributed by atoms with Crippen molar-refractivity contribution in [2.24, 2.45) is 10.1 Å². The Morgan fingerprint density at radius 1 is 1.54 bits per heavy atom. The van der Waals surface area contributed by atoms with Crippen molar-refractivity contribution >= 4 is 40.0 Å². The van der Waals surface area contributed by atoms with Gasteiger partial charge in [-0.25, -0.2) is 18.2 Å². The lowest BCUT2D eigenvalue weighted by molar-refractivity contribution is -0.127. The van der Waals surface area contributed by atoms with E-state index < -0.39 is 22.7 Å². The van der Waals surface area contributed by atoms with Gasteiger partial charge in [0.1, 0.15) is 18.2 Å². The molecule has 1 heterocycles. The largest absolute Gasteiger partial charge is 0.472 e. The van der Waals surface area contributed by atoms with Crippen LogP contribution in [0.2, 0.25) is 5.02 Å². The van der Waals surface area contributed by atoms with Crippen LogP contribution in [-0.4, -0.2) is 62.3 Å². The second-order valence-electron chi connectivity index (χ2n) is 5.28. The molecule has 0 bridgehead atoms. The zero-order chi connectivity index (χ0) is 20.7. The zero-order valence-corrected chi connectivity index (χ0v) is 16.0. The van der Waals surface area contributed by atoms with Gasteiger partial charge in [-0.15, -0.1) is 0 Å². The first-order valence-electron chi connectivity index (χ1n) is 7.58. The molecular formula is C14H16ClFN6O5S. The molecule has 1 amide bonds. The molecule has 2 rings (SSSR count). The highest BCUT2D eigenvalue weighted by Gasteiger charge is 2.19. The Morgan fingerprint density at radius 2 is 2.29 bits per heavy atom. The zero-order valence-electron chi connectivity index (χ0n) is 14.5. The van der Waals surface area contributed by atoms with E-state index in [-0.39, 0.29) is 47.0 Å². The lowest BCUT2D eigenvalue weighted by Gasteiger charge is -2.16.